The summed E-state index contributed by atoms with van der Waals surface area (Å²) in [4.78, 5) is 13.7. The van der Waals surface area contributed by atoms with E-state index in [2.05, 4.69) is 19.9 Å². The molecule has 2 aromatic carbocycles. The van der Waals surface area contributed by atoms with Crippen LogP contribution in [0.3, 0.4) is 0 Å². The van der Waals surface area contributed by atoms with Crippen molar-refractivity contribution >= 4 is 5.78 Å². The van der Waals surface area contributed by atoms with Gasteiger partial charge in [-0.15, -0.1) is 0 Å². The Morgan fingerprint density at radius 1 is 0.800 bits per heavy atom. The SMILES string of the molecule is COc1cc(OC)c2c(c1)C(C)(C)C(c1ccc(OC)c(OC)c1)CC(C)(C)C2=O. The van der Waals surface area contributed by atoms with Gasteiger partial charge in [-0.05, 0) is 47.1 Å². The number of methoxy groups -OCH3 is 4. The third-order valence-corrected chi connectivity index (χ3v) is 6.46. The largest absolute Gasteiger partial charge is 0.497 e. The molecule has 0 radical (unpaired) electrons. The van der Waals surface area contributed by atoms with Crippen LogP contribution in [0.2, 0.25) is 0 Å². The van der Waals surface area contributed by atoms with Crippen LogP contribution in [0.25, 0.3) is 0 Å². The molecule has 0 saturated heterocycles. The zero-order valence-electron chi connectivity index (χ0n) is 19.2. The van der Waals surface area contributed by atoms with E-state index in [4.69, 9.17) is 18.9 Å². The molecule has 0 saturated carbocycles. The number of Topliss-reactive ketones (excluding diaryl/α,β-unsaturated/α-hetero) is 1. The quantitative estimate of drug-likeness (QED) is 0.616. The Hall–Kier alpha value is -2.69. The second kappa shape index (κ2) is 7.86. The minimum Gasteiger partial charge on any atom is -0.497 e. The van der Waals surface area contributed by atoms with E-state index in [0.29, 0.717) is 35.0 Å². The summed E-state index contributed by atoms with van der Waals surface area (Å²) in [6.07, 6.45) is 0.689. The summed E-state index contributed by atoms with van der Waals surface area (Å²) in [6, 6.07) is 9.78. The Morgan fingerprint density at radius 3 is 2.00 bits per heavy atom. The minimum atomic E-state index is -0.567. The fourth-order valence-corrected chi connectivity index (χ4v) is 4.60. The van der Waals surface area contributed by atoms with Crippen LogP contribution >= 0.6 is 0 Å². The lowest BCUT2D eigenvalue weighted by Crippen LogP contribution is -2.29. The summed E-state index contributed by atoms with van der Waals surface area (Å²) < 4.78 is 22.1. The molecule has 1 aliphatic carbocycles. The van der Waals surface area contributed by atoms with Crippen molar-refractivity contribution in [2.24, 2.45) is 5.41 Å². The number of ketones is 1. The van der Waals surface area contributed by atoms with Gasteiger partial charge in [-0.25, -0.2) is 0 Å². The van der Waals surface area contributed by atoms with E-state index >= 15 is 0 Å². The average molecular weight is 413 g/mol. The number of carbonyl (C=O) groups is 1. The van der Waals surface area contributed by atoms with Crippen LogP contribution in [0.4, 0.5) is 0 Å². The zero-order valence-corrected chi connectivity index (χ0v) is 19.2. The predicted molar refractivity (Wildman–Crippen MR) is 118 cm³/mol. The lowest BCUT2D eigenvalue weighted by molar-refractivity contribution is 0.0816. The van der Waals surface area contributed by atoms with E-state index < -0.39 is 5.41 Å². The standard InChI is InChI=1S/C25H32O5/c1-24(2)14-18(15-9-10-19(28-6)20(11-15)29-7)25(3,4)17-12-16(27-5)13-21(30-8)22(17)23(24)26/h9-13,18H,14H2,1-8H3. The van der Waals surface area contributed by atoms with E-state index in [1.54, 1.807) is 34.5 Å². The molecule has 3 rings (SSSR count). The van der Waals surface area contributed by atoms with Gasteiger partial charge < -0.3 is 18.9 Å². The smallest absolute Gasteiger partial charge is 0.172 e. The summed E-state index contributed by atoms with van der Waals surface area (Å²) in [5.74, 6) is 2.76. The molecule has 5 heteroatoms. The Bertz CT molecular complexity index is 958. The fraction of sp³-hybridized carbons (Fsp3) is 0.480. The lowest BCUT2D eigenvalue weighted by atomic mass is 9.67. The van der Waals surface area contributed by atoms with E-state index in [1.807, 2.05) is 32.0 Å². The molecule has 0 heterocycles. The molecule has 0 N–H and O–H groups in total. The average Bonchev–Trinajstić information content (AvgIpc) is 2.80. The van der Waals surface area contributed by atoms with Gasteiger partial charge in [0.2, 0.25) is 0 Å². The van der Waals surface area contributed by atoms with Crippen molar-refractivity contribution in [3.8, 4) is 23.0 Å². The van der Waals surface area contributed by atoms with E-state index in [-0.39, 0.29) is 17.1 Å². The first-order chi connectivity index (χ1) is 14.1. The van der Waals surface area contributed by atoms with Crippen LogP contribution in [0.5, 0.6) is 23.0 Å². The second-order valence-corrected chi connectivity index (χ2v) is 9.06. The highest BCUT2D eigenvalue weighted by Gasteiger charge is 2.47. The first kappa shape index (κ1) is 22.0. The summed E-state index contributed by atoms with van der Waals surface area (Å²) in [6.45, 7) is 8.39. The Kier molecular flexibility index (Phi) is 5.76. The van der Waals surface area contributed by atoms with Gasteiger partial charge in [0.15, 0.2) is 17.3 Å². The van der Waals surface area contributed by atoms with Crippen molar-refractivity contribution in [2.75, 3.05) is 28.4 Å². The van der Waals surface area contributed by atoms with Crippen molar-refractivity contribution in [3.63, 3.8) is 0 Å². The molecule has 2 aromatic rings. The fourth-order valence-electron chi connectivity index (χ4n) is 4.60. The number of fused-ring (bicyclic) bond motifs is 1. The number of hydrogen-bond acceptors (Lipinski definition) is 5. The third kappa shape index (κ3) is 3.51. The number of carbonyl (C=O) groups excluding carboxylic acids is 1. The maximum atomic E-state index is 13.7. The molecule has 1 unspecified atom stereocenters. The van der Waals surface area contributed by atoms with Crippen molar-refractivity contribution in [3.05, 3.63) is 47.0 Å². The molecule has 0 aliphatic heterocycles. The molecule has 162 valence electrons. The van der Waals surface area contributed by atoms with Crippen molar-refractivity contribution in [2.45, 2.75) is 45.4 Å². The van der Waals surface area contributed by atoms with Gasteiger partial charge in [0.25, 0.3) is 0 Å². The maximum absolute atomic E-state index is 13.7. The first-order valence-corrected chi connectivity index (χ1v) is 10.1. The highest BCUT2D eigenvalue weighted by atomic mass is 16.5. The van der Waals surface area contributed by atoms with Gasteiger partial charge in [-0.2, -0.15) is 0 Å². The predicted octanol–water partition coefficient (Wildman–Crippen LogP) is 5.40. The molecule has 1 atom stereocenters. The molecule has 0 spiro atoms. The van der Waals surface area contributed by atoms with Crippen LogP contribution in [-0.2, 0) is 5.41 Å². The molecule has 1 aliphatic rings. The highest BCUT2D eigenvalue weighted by Crippen LogP contribution is 2.53. The van der Waals surface area contributed by atoms with Gasteiger partial charge in [0, 0.05) is 11.5 Å². The van der Waals surface area contributed by atoms with Gasteiger partial charge >= 0.3 is 0 Å². The van der Waals surface area contributed by atoms with E-state index in [1.165, 1.54) is 0 Å². The second-order valence-electron chi connectivity index (χ2n) is 9.06. The zero-order chi connectivity index (χ0) is 22.3. The Balaban J connectivity index is 2.29. The minimum absolute atomic E-state index is 0.0642. The topological polar surface area (TPSA) is 54.0 Å². The molecule has 30 heavy (non-hydrogen) atoms. The molecule has 5 nitrogen and oxygen atoms in total. The lowest BCUT2D eigenvalue weighted by Gasteiger charge is -2.37. The van der Waals surface area contributed by atoms with Crippen molar-refractivity contribution in [1.29, 1.82) is 0 Å². The highest BCUT2D eigenvalue weighted by molar-refractivity contribution is 6.04. The van der Waals surface area contributed by atoms with Crippen LogP contribution in [0, 0.1) is 5.41 Å². The first-order valence-electron chi connectivity index (χ1n) is 10.1. The van der Waals surface area contributed by atoms with Gasteiger partial charge in [-0.3, -0.25) is 4.79 Å². The van der Waals surface area contributed by atoms with Crippen molar-refractivity contribution < 1.29 is 23.7 Å². The number of rotatable bonds is 5. The third-order valence-electron chi connectivity index (χ3n) is 6.46. The summed E-state index contributed by atoms with van der Waals surface area (Å²) in [5.41, 5.74) is 1.76. The summed E-state index contributed by atoms with van der Waals surface area (Å²) >= 11 is 0. The van der Waals surface area contributed by atoms with Crippen LogP contribution in [-0.4, -0.2) is 34.2 Å². The molecule has 0 fully saturated rings. The molecule has 0 aromatic heterocycles. The molecule has 0 amide bonds. The molecular weight excluding hydrogens is 380 g/mol. The van der Waals surface area contributed by atoms with Crippen molar-refractivity contribution in [1.82, 2.24) is 0 Å². The van der Waals surface area contributed by atoms with Crippen LogP contribution < -0.4 is 18.9 Å². The van der Waals surface area contributed by atoms with E-state index in [9.17, 15) is 4.79 Å². The Morgan fingerprint density at radius 2 is 1.43 bits per heavy atom. The number of hydrogen-bond donors (Lipinski definition) is 0. The summed E-state index contributed by atoms with van der Waals surface area (Å²) in [5, 5.41) is 0. The van der Waals surface area contributed by atoms with Crippen LogP contribution in [0.15, 0.2) is 30.3 Å². The molecule has 0 bridgehead atoms. The van der Waals surface area contributed by atoms with Gasteiger partial charge in [-0.1, -0.05) is 33.8 Å². The van der Waals surface area contributed by atoms with E-state index in [0.717, 1.165) is 11.1 Å². The van der Waals surface area contributed by atoms with Gasteiger partial charge in [0.05, 0.1) is 34.0 Å². The Labute approximate surface area is 179 Å². The normalized spacial score (nSPS) is 19.5. The van der Waals surface area contributed by atoms with Crippen LogP contribution in [0.1, 0.15) is 61.5 Å². The molecular formula is C25H32O5. The maximum Gasteiger partial charge on any atom is 0.172 e. The monoisotopic (exact) mass is 412 g/mol. The summed E-state index contributed by atoms with van der Waals surface area (Å²) in [7, 11) is 6.49. The number of ether oxygens (including phenoxy) is 4. The number of benzene rings is 2. The van der Waals surface area contributed by atoms with Gasteiger partial charge in [0.1, 0.15) is 11.5 Å².